The largest absolute Gasteiger partial charge is 0.493 e. The Morgan fingerprint density at radius 1 is 1.00 bits per heavy atom. The molecule has 0 bridgehead atoms. The number of Topliss-reactive ketones (excluding diaryl/α,β-unsaturated/α-hetero) is 1. The summed E-state index contributed by atoms with van der Waals surface area (Å²) < 4.78 is 42.9. The molecule has 2 aromatic carbocycles. The number of carbonyl (C=O) groups excluding carboxylic acids is 1. The van der Waals surface area contributed by atoms with E-state index >= 15 is 0 Å². The van der Waals surface area contributed by atoms with Crippen LogP contribution in [0, 0.1) is 0 Å². The van der Waals surface area contributed by atoms with Gasteiger partial charge in [0.25, 0.3) is 0 Å². The molecule has 0 aromatic heterocycles. The van der Waals surface area contributed by atoms with Crippen LogP contribution in [0.15, 0.2) is 100 Å². The molecule has 0 radical (unpaired) electrons. The predicted octanol–water partition coefficient (Wildman–Crippen LogP) is 5.96. The molecule has 2 aromatic rings. The van der Waals surface area contributed by atoms with Crippen LogP contribution in [0.4, 0.5) is 18.9 Å². The summed E-state index contributed by atoms with van der Waals surface area (Å²) in [6.45, 7) is 0. The van der Waals surface area contributed by atoms with Crippen molar-refractivity contribution in [3.05, 3.63) is 101 Å². The molecule has 0 aliphatic heterocycles. The normalized spacial score (nSPS) is 16.1. The van der Waals surface area contributed by atoms with Gasteiger partial charge in [-0.05, 0) is 47.6 Å². The maximum absolute atomic E-state index is 12.6. The van der Waals surface area contributed by atoms with Crippen LogP contribution in [-0.4, -0.2) is 12.9 Å². The van der Waals surface area contributed by atoms with Crippen LogP contribution in [0.25, 0.3) is 0 Å². The van der Waals surface area contributed by atoms with Gasteiger partial charge in [0.15, 0.2) is 5.76 Å². The van der Waals surface area contributed by atoms with Crippen LogP contribution in [0.3, 0.4) is 0 Å². The topological polar surface area (TPSA) is 51.0 Å². The fourth-order valence-electron chi connectivity index (χ4n) is 2.74. The van der Waals surface area contributed by atoms with Gasteiger partial charge in [0.2, 0.25) is 5.78 Å². The van der Waals surface area contributed by atoms with Crippen LogP contribution >= 0.6 is 0 Å². The van der Waals surface area contributed by atoms with Crippen LogP contribution < -0.4 is 0 Å². The molecular weight excluding hydrogens is 381 g/mol. The van der Waals surface area contributed by atoms with E-state index in [1.165, 1.54) is 25.4 Å². The SMILES string of the molecule is COC1=CC(=CN=Nc2ccc(C(F)(F)F)cc2)C=C(Cc2ccccc2)C1=O. The Kier molecular flexibility index (Phi) is 6.07. The highest BCUT2D eigenvalue weighted by Crippen LogP contribution is 2.30. The van der Waals surface area contributed by atoms with Gasteiger partial charge in [0, 0.05) is 12.0 Å². The monoisotopic (exact) mass is 398 g/mol. The molecule has 0 N–H and O–H groups in total. The second kappa shape index (κ2) is 8.68. The zero-order valence-electron chi connectivity index (χ0n) is 15.5. The van der Waals surface area contributed by atoms with E-state index in [1.807, 2.05) is 30.3 Å². The van der Waals surface area contributed by atoms with Crippen LogP contribution in [0.2, 0.25) is 0 Å². The molecule has 0 atom stereocenters. The van der Waals surface area contributed by atoms with Gasteiger partial charge >= 0.3 is 6.18 Å². The van der Waals surface area contributed by atoms with E-state index in [0.29, 0.717) is 17.6 Å². The fourth-order valence-corrected chi connectivity index (χ4v) is 2.74. The second-order valence-electron chi connectivity index (χ2n) is 6.26. The van der Waals surface area contributed by atoms with Gasteiger partial charge in [-0.3, -0.25) is 4.79 Å². The number of methoxy groups -OCH3 is 1. The lowest BCUT2D eigenvalue weighted by molar-refractivity contribution is -0.137. The zero-order chi connectivity index (χ0) is 20.9. The lowest BCUT2D eigenvalue weighted by atomic mass is 9.94. The molecule has 0 amide bonds. The number of hydrogen-bond acceptors (Lipinski definition) is 4. The summed E-state index contributed by atoms with van der Waals surface area (Å²) in [6, 6.07) is 13.9. The molecular formula is C22H17F3N2O2. The van der Waals surface area contributed by atoms with Crippen molar-refractivity contribution < 1.29 is 22.7 Å². The highest BCUT2D eigenvalue weighted by molar-refractivity contribution is 6.09. The number of halogens is 3. The van der Waals surface area contributed by atoms with Crippen molar-refractivity contribution in [2.45, 2.75) is 12.6 Å². The Bertz CT molecular complexity index is 1000. The van der Waals surface area contributed by atoms with E-state index in [2.05, 4.69) is 10.2 Å². The van der Waals surface area contributed by atoms with Crippen LogP contribution in [0.1, 0.15) is 11.1 Å². The first-order valence-electron chi connectivity index (χ1n) is 8.70. The standard InChI is InChI=1S/C22H17F3N2O2/c1-29-20-13-16(12-17(21(20)28)11-15-5-3-2-4-6-15)14-26-27-19-9-7-18(8-10-19)22(23,24)25/h2-10,12-14H,11H2,1H3. The molecule has 4 nitrogen and oxygen atoms in total. The number of ketones is 1. The lowest BCUT2D eigenvalue weighted by Crippen LogP contribution is -2.14. The number of alkyl halides is 3. The van der Waals surface area contributed by atoms with Crippen LogP contribution in [0.5, 0.6) is 0 Å². The fraction of sp³-hybridized carbons (Fsp3) is 0.136. The predicted molar refractivity (Wildman–Crippen MR) is 102 cm³/mol. The highest BCUT2D eigenvalue weighted by atomic mass is 19.4. The van der Waals surface area contributed by atoms with Crippen molar-refractivity contribution in [1.29, 1.82) is 0 Å². The lowest BCUT2D eigenvalue weighted by Gasteiger charge is -2.14. The number of ether oxygens (including phenoxy) is 1. The third-order valence-corrected chi connectivity index (χ3v) is 4.19. The number of azo groups is 1. The number of allylic oxidation sites excluding steroid dienone is 4. The maximum atomic E-state index is 12.6. The minimum Gasteiger partial charge on any atom is -0.493 e. The molecule has 0 heterocycles. The highest BCUT2D eigenvalue weighted by Gasteiger charge is 2.29. The van der Waals surface area contributed by atoms with Crippen molar-refractivity contribution in [2.24, 2.45) is 10.2 Å². The van der Waals surface area contributed by atoms with E-state index < -0.39 is 11.7 Å². The Hall–Kier alpha value is -3.48. The summed E-state index contributed by atoms with van der Waals surface area (Å²) in [4.78, 5) is 12.5. The maximum Gasteiger partial charge on any atom is 0.416 e. The van der Waals surface area contributed by atoms with Crippen molar-refractivity contribution in [3.8, 4) is 0 Å². The molecule has 0 fully saturated rings. The van der Waals surface area contributed by atoms with Gasteiger partial charge in [-0.25, -0.2) is 0 Å². The average Bonchev–Trinajstić information content (AvgIpc) is 2.70. The second-order valence-corrected chi connectivity index (χ2v) is 6.26. The van der Waals surface area contributed by atoms with E-state index in [1.54, 1.807) is 12.2 Å². The van der Waals surface area contributed by atoms with Crippen molar-refractivity contribution in [2.75, 3.05) is 7.11 Å². The van der Waals surface area contributed by atoms with Gasteiger partial charge in [0.05, 0.1) is 24.6 Å². The summed E-state index contributed by atoms with van der Waals surface area (Å²) in [5, 5.41) is 7.82. The smallest absolute Gasteiger partial charge is 0.416 e. The summed E-state index contributed by atoms with van der Waals surface area (Å²) in [7, 11) is 1.41. The van der Waals surface area contributed by atoms with Gasteiger partial charge in [0.1, 0.15) is 0 Å². The number of hydrogen-bond donors (Lipinski definition) is 0. The van der Waals surface area contributed by atoms with E-state index in [9.17, 15) is 18.0 Å². The number of carbonyl (C=O) groups is 1. The molecule has 1 aliphatic carbocycles. The molecule has 0 unspecified atom stereocenters. The number of nitrogens with zero attached hydrogens (tertiary/aromatic N) is 2. The Morgan fingerprint density at radius 2 is 1.69 bits per heavy atom. The third-order valence-electron chi connectivity index (χ3n) is 4.19. The van der Waals surface area contributed by atoms with Crippen molar-refractivity contribution >= 4 is 11.5 Å². The quantitative estimate of drug-likeness (QED) is 0.584. The molecule has 3 rings (SSSR count). The molecule has 0 saturated carbocycles. The summed E-state index contributed by atoms with van der Waals surface area (Å²) in [5.41, 5.74) is 1.66. The van der Waals surface area contributed by atoms with Gasteiger partial charge < -0.3 is 4.74 Å². The summed E-state index contributed by atoms with van der Waals surface area (Å²) in [6.07, 6.45) is 0.710. The first kappa shape index (κ1) is 20.3. The number of benzene rings is 2. The zero-order valence-corrected chi connectivity index (χ0v) is 15.5. The summed E-state index contributed by atoms with van der Waals surface area (Å²) >= 11 is 0. The van der Waals surface area contributed by atoms with E-state index in [0.717, 1.165) is 17.7 Å². The number of rotatable bonds is 5. The molecule has 7 heteroatoms. The van der Waals surface area contributed by atoms with Gasteiger partial charge in [-0.2, -0.15) is 23.4 Å². The molecule has 29 heavy (non-hydrogen) atoms. The molecule has 1 aliphatic rings. The van der Waals surface area contributed by atoms with Gasteiger partial charge in [-0.15, -0.1) is 0 Å². The van der Waals surface area contributed by atoms with Gasteiger partial charge in [-0.1, -0.05) is 30.3 Å². The Morgan fingerprint density at radius 3 is 2.31 bits per heavy atom. The Labute approximate surface area is 165 Å². The van der Waals surface area contributed by atoms with E-state index in [4.69, 9.17) is 4.74 Å². The van der Waals surface area contributed by atoms with E-state index in [-0.39, 0.29) is 17.2 Å². The first-order valence-corrected chi connectivity index (χ1v) is 8.70. The first-order chi connectivity index (χ1) is 13.9. The summed E-state index contributed by atoms with van der Waals surface area (Å²) in [5.74, 6) is -0.0115. The minimum absolute atomic E-state index is 0.189. The molecule has 148 valence electrons. The van der Waals surface area contributed by atoms with Crippen LogP contribution in [-0.2, 0) is 22.1 Å². The third kappa shape index (κ3) is 5.28. The van der Waals surface area contributed by atoms with Crippen molar-refractivity contribution in [3.63, 3.8) is 0 Å². The molecule has 0 spiro atoms. The van der Waals surface area contributed by atoms with Crippen molar-refractivity contribution in [1.82, 2.24) is 0 Å². The average molecular weight is 398 g/mol. The minimum atomic E-state index is -4.40. The molecule has 0 saturated heterocycles. The Balaban J connectivity index is 1.80.